The van der Waals surface area contributed by atoms with Gasteiger partial charge in [-0.25, -0.2) is 0 Å². The second kappa shape index (κ2) is 6.81. The van der Waals surface area contributed by atoms with Gasteiger partial charge in [-0.05, 0) is 17.7 Å². The number of benzene rings is 2. The van der Waals surface area contributed by atoms with E-state index < -0.39 is 5.25 Å². The van der Waals surface area contributed by atoms with Crippen molar-refractivity contribution in [3.8, 4) is 11.8 Å². The van der Waals surface area contributed by atoms with Gasteiger partial charge in [-0.1, -0.05) is 54.2 Å². The lowest BCUT2D eigenvalue weighted by atomic mass is 9.86. The van der Waals surface area contributed by atoms with Crippen LogP contribution in [0.1, 0.15) is 21.8 Å². The number of Topliss-reactive ketones (excluding diaryl/α,β-unsaturated/α-hetero) is 1. The van der Waals surface area contributed by atoms with Gasteiger partial charge in [0.2, 0.25) is 0 Å². The third kappa shape index (κ3) is 2.89. The maximum Gasteiger partial charge on any atom is 0.177 e. The van der Waals surface area contributed by atoms with Crippen molar-refractivity contribution in [2.45, 2.75) is 11.2 Å². The van der Waals surface area contributed by atoms with Crippen molar-refractivity contribution in [2.24, 2.45) is 5.73 Å². The molecule has 0 spiro atoms. The number of rotatable bonds is 4. The molecule has 2 aromatic rings. The third-order valence-electron chi connectivity index (χ3n) is 4.05. The Kier molecular flexibility index (Phi) is 4.59. The monoisotopic (exact) mass is 336 g/mol. The fourth-order valence-corrected chi connectivity index (χ4v) is 4.07. The molecule has 0 saturated carbocycles. The predicted molar refractivity (Wildman–Crippen MR) is 94.7 cm³/mol. The number of carbonyl (C=O) groups is 1. The second-order valence-electron chi connectivity index (χ2n) is 5.41. The Bertz CT molecular complexity index is 823. The summed E-state index contributed by atoms with van der Waals surface area (Å²) in [6.45, 7) is 0. The lowest BCUT2D eigenvalue weighted by molar-refractivity contribution is 0.0985. The molecule has 24 heavy (non-hydrogen) atoms. The molecule has 0 saturated heterocycles. The number of nitriles is 1. The van der Waals surface area contributed by atoms with Crippen molar-refractivity contribution in [3.63, 3.8) is 0 Å². The number of hydrogen-bond donors (Lipinski definition) is 1. The number of hydrogen-bond acceptors (Lipinski definition) is 5. The number of nitrogens with two attached hydrogens (primary N) is 1. The van der Waals surface area contributed by atoms with Gasteiger partial charge in [-0.15, -0.1) is 0 Å². The van der Waals surface area contributed by atoms with Crippen molar-refractivity contribution >= 4 is 17.5 Å². The summed E-state index contributed by atoms with van der Waals surface area (Å²) in [5, 5.41) is 9.49. The molecule has 0 aromatic heterocycles. The molecule has 0 fully saturated rings. The van der Waals surface area contributed by atoms with Crippen LogP contribution in [-0.2, 0) is 0 Å². The van der Waals surface area contributed by atoms with Crippen LogP contribution in [0.3, 0.4) is 0 Å². The molecule has 1 heterocycles. The maximum absolute atomic E-state index is 12.9. The molecule has 0 unspecified atom stereocenters. The molecular weight excluding hydrogens is 320 g/mol. The molecule has 0 aliphatic carbocycles. The highest BCUT2D eigenvalue weighted by atomic mass is 32.2. The lowest BCUT2D eigenvalue weighted by Gasteiger charge is -2.19. The van der Waals surface area contributed by atoms with Crippen LogP contribution >= 0.6 is 11.8 Å². The van der Waals surface area contributed by atoms with Gasteiger partial charge in [0, 0.05) is 11.5 Å². The Morgan fingerprint density at radius 3 is 2.42 bits per heavy atom. The van der Waals surface area contributed by atoms with E-state index in [2.05, 4.69) is 6.07 Å². The molecule has 4 nitrogen and oxygen atoms in total. The minimum atomic E-state index is -0.435. The first-order valence-electron chi connectivity index (χ1n) is 7.45. The smallest absolute Gasteiger partial charge is 0.177 e. The van der Waals surface area contributed by atoms with Crippen LogP contribution in [0.4, 0.5) is 0 Å². The van der Waals surface area contributed by atoms with E-state index in [1.54, 1.807) is 19.2 Å². The normalized spacial score (nSPS) is 19.8. The van der Waals surface area contributed by atoms with Crippen molar-refractivity contribution in [2.75, 3.05) is 7.11 Å². The second-order valence-corrected chi connectivity index (χ2v) is 6.59. The average molecular weight is 336 g/mol. The first-order chi connectivity index (χ1) is 11.7. The van der Waals surface area contributed by atoms with Gasteiger partial charge in [0.25, 0.3) is 0 Å². The van der Waals surface area contributed by atoms with Gasteiger partial charge in [-0.3, -0.25) is 4.79 Å². The SMILES string of the molecule is COc1ccc([C@H]2C(C#N)=C(N)S[C@H]2C(=O)c2ccccc2)cc1. The molecule has 2 N–H and O–H groups in total. The Hall–Kier alpha value is -2.71. The molecule has 0 radical (unpaired) electrons. The molecular formula is C19H16N2O2S. The van der Waals surface area contributed by atoms with Gasteiger partial charge >= 0.3 is 0 Å². The zero-order valence-corrected chi connectivity index (χ0v) is 13.9. The highest BCUT2D eigenvalue weighted by molar-refractivity contribution is 8.04. The molecule has 2 aromatic carbocycles. The molecule has 0 bridgehead atoms. The maximum atomic E-state index is 12.9. The van der Waals surface area contributed by atoms with Crippen molar-refractivity contribution in [1.82, 2.24) is 0 Å². The molecule has 120 valence electrons. The van der Waals surface area contributed by atoms with Crippen LogP contribution in [0.25, 0.3) is 0 Å². The summed E-state index contributed by atoms with van der Waals surface area (Å²) >= 11 is 1.27. The number of methoxy groups -OCH3 is 1. The van der Waals surface area contributed by atoms with Crippen LogP contribution in [0.2, 0.25) is 0 Å². The lowest BCUT2D eigenvalue weighted by Crippen LogP contribution is -2.23. The fraction of sp³-hybridized carbons (Fsp3) is 0.158. The summed E-state index contributed by atoms with van der Waals surface area (Å²) in [7, 11) is 1.60. The van der Waals surface area contributed by atoms with E-state index in [0.29, 0.717) is 16.2 Å². The van der Waals surface area contributed by atoms with E-state index in [1.165, 1.54) is 11.8 Å². The molecule has 0 amide bonds. The average Bonchev–Trinajstić information content (AvgIpc) is 2.98. The summed E-state index contributed by atoms with van der Waals surface area (Å²) in [5.74, 6) is 0.360. The fourth-order valence-electron chi connectivity index (χ4n) is 2.82. The quantitative estimate of drug-likeness (QED) is 0.865. The van der Waals surface area contributed by atoms with Gasteiger partial charge in [-0.2, -0.15) is 5.26 Å². The van der Waals surface area contributed by atoms with E-state index in [9.17, 15) is 10.1 Å². The molecule has 3 rings (SSSR count). The Labute approximate surface area is 144 Å². The van der Waals surface area contributed by atoms with E-state index in [1.807, 2.05) is 42.5 Å². The largest absolute Gasteiger partial charge is 0.497 e. The summed E-state index contributed by atoms with van der Waals surface area (Å²) in [5.41, 5.74) is 7.99. The minimum absolute atomic E-state index is 0.0189. The highest BCUT2D eigenvalue weighted by Gasteiger charge is 2.40. The van der Waals surface area contributed by atoms with Crippen LogP contribution in [0.15, 0.2) is 65.2 Å². The highest BCUT2D eigenvalue weighted by Crippen LogP contribution is 2.46. The number of thioether (sulfide) groups is 1. The summed E-state index contributed by atoms with van der Waals surface area (Å²) < 4.78 is 5.18. The standard InChI is InChI=1S/C19H16N2O2S/c1-23-14-9-7-12(8-10-14)16-15(11-20)19(21)24-18(16)17(22)13-5-3-2-4-6-13/h2-10,16,18H,21H2,1H3/t16-,18+/m0/s1. The summed E-state index contributed by atoms with van der Waals surface area (Å²) in [4.78, 5) is 12.9. The van der Waals surface area contributed by atoms with E-state index in [-0.39, 0.29) is 11.7 Å². The van der Waals surface area contributed by atoms with Crippen LogP contribution < -0.4 is 10.5 Å². The number of ether oxygens (including phenoxy) is 1. The predicted octanol–water partition coefficient (Wildman–Crippen LogP) is 3.47. The number of ketones is 1. The van der Waals surface area contributed by atoms with Crippen LogP contribution in [0.5, 0.6) is 5.75 Å². The first-order valence-corrected chi connectivity index (χ1v) is 8.33. The van der Waals surface area contributed by atoms with Crippen LogP contribution in [0, 0.1) is 11.3 Å². The number of carbonyl (C=O) groups excluding carboxylic acids is 1. The number of nitrogens with zero attached hydrogens (tertiary/aromatic N) is 1. The van der Waals surface area contributed by atoms with Crippen molar-refractivity contribution in [1.29, 1.82) is 5.26 Å². The number of allylic oxidation sites excluding steroid dienone is 1. The Morgan fingerprint density at radius 1 is 1.17 bits per heavy atom. The van der Waals surface area contributed by atoms with Gasteiger partial charge < -0.3 is 10.5 Å². The summed E-state index contributed by atoms with van der Waals surface area (Å²) in [6.07, 6.45) is 0. The molecule has 1 aliphatic heterocycles. The van der Waals surface area contributed by atoms with Crippen molar-refractivity contribution < 1.29 is 9.53 Å². The third-order valence-corrected chi connectivity index (χ3v) is 5.26. The van der Waals surface area contributed by atoms with E-state index in [4.69, 9.17) is 10.5 Å². The molecule has 1 aliphatic rings. The zero-order chi connectivity index (χ0) is 17.1. The van der Waals surface area contributed by atoms with Gasteiger partial charge in [0.1, 0.15) is 5.75 Å². The Balaban J connectivity index is 2.00. The van der Waals surface area contributed by atoms with E-state index in [0.717, 1.165) is 11.3 Å². The van der Waals surface area contributed by atoms with Crippen molar-refractivity contribution in [3.05, 3.63) is 76.3 Å². The van der Waals surface area contributed by atoms with Crippen LogP contribution in [-0.4, -0.2) is 18.1 Å². The minimum Gasteiger partial charge on any atom is -0.497 e. The van der Waals surface area contributed by atoms with E-state index >= 15 is 0 Å². The zero-order valence-electron chi connectivity index (χ0n) is 13.1. The Morgan fingerprint density at radius 2 is 1.83 bits per heavy atom. The first kappa shape index (κ1) is 16.2. The molecule has 2 atom stereocenters. The van der Waals surface area contributed by atoms with Gasteiger partial charge in [0.05, 0.1) is 29.0 Å². The topological polar surface area (TPSA) is 76.1 Å². The van der Waals surface area contributed by atoms with Gasteiger partial charge in [0.15, 0.2) is 5.78 Å². The molecule has 5 heteroatoms. The summed E-state index contributed by atoms with van der Waals surface area (Å²) in [6, 6.07) is 18.7.